The molecule has 0 atom stereocenters. The fourth-order valence-corrected chi connectivity index (χ4v) is 1.50. The van der Waals surface area contributed by atoms with Crippen molar-refractivity contribution in [2.24, 2.45) is 0 Å². The molecule has 0 saturated carbocycles. The predicted molar refractivity (Wildman–Crippen MR) is 59.1 cm³/mol. The summed E-state index contributed by atoms with van der Waals surface area (Å²) in [4.78, 5) is 0. The van der Waals surface area contributed by atoms with E-state index in [0.29, 0.717) is 5.75 Å². The Morgan fingerprint density at radius 2 is 2.12 bits per heavy atom. The second kappa shape index (κ2) is 4.38. The molecular weight excluding hydrogens is 207 g/mol. The van der Waals surface area contributed by atoms with E-state index in [0.717, 1.165) is 11.3 Å². The first kappa shape index (κ1) is 10.7. The minimum Gasteiger partial charge on any atom is -0.512 e. The van der Waals surface area contributed by atoms with Crippen molar-refractivity contribution in [3.05, 3.63) is 42.2 Å². The van der Waals surface area contributed by atoms with Gasteiger partial charge in [-0.25, -0.2) is 4.68 Å². The van der Waals surface area contributed by atoms with E-state index in [9.17, 15) is 0 Å². The Labute approximate surface area is 93.1 Å². The molecule has 1 aromatic heterocycles. The summed E-state index contributed by atoms with van der Waals surface area (Å²) in [5, 5.41) is 21.6. The summed E-state index contributed by atoms with van der Waals surface area (Å²) >= 11 is 0. The monoisotopic (exact) mass is 218 g/mol. The van der Waals surface area contributed by atoms with Gasteiger partial charge in [0.2, 0.25) is 0 Å². The highest BCUT2D eigenvalue weighted by Gasteiger charge is 2.14. The summed E-state index contributed by atoms with van der Waals surface area (Å²) in [5.74, 6) is 0.419. The third-order valence-electron chi connectivity index (χ3n) is 2.24. The lowest BCUT2D eigenvalue weighted by Gasteiger charge is -2.12. The first-order valence-electron chi connectivity index (χ1n) is 4.81. The van der Waals surface area contributed by atoms with Gasteiger partial charge in [0.05, 0.1) is 5.69 Å². The molecule has 0 fully saturated rings. The third-order valence-corrected chi connectivity index (χ3v) is 2.24. The van der Waals surface area contributed by atoms with Gasteiger partial charge in [-0.15, -0.1) is 0 Å². The van der Waals surface area contributed by atoms with Crippen molar-refractivity contribution in [1.82, 2.24) is 9.78 Å². The lowest BCUT2D eigenvalue weighted by molar-refractivity contribution is 0.287. The molecule has 82 valence electrons. The van der Waals surface area contributed by atoms with Gasteiger partial charge in [0.15, 0.2) is 0 Å². The summed E-state index contributed by atoms with van der Waals surface area (Å²) in [6.07, 6.45) is 3.48. The molecule has 0 aliphatic carbocycles. The van der Waals surface area contributed by atoms with Crippen LogP contribution in [-0.4, -0.2) is 27.1 Å². The minimum atomic E-state index is -1.81. The lowest BCUT2D eigenvalue weighted by atomic mass is 10.1. The maximum atomic E-state index is 8.76. The Bertz CT molecular complexity index is 471. The van der Waals surface area contributed by atoms with Gasteiger partial charge in [-0.3, -0.25) is 0 Å². The normalized spacial score (nSPS) is 10.2. The molecule has 2 rings (SSSR count). The molecule has 0 aliphatic rings. The summed E-state index contributed by atoms with van der Waals surface area (Å²) in [5.41, 5.74) is 1.63. The Morgan fingerprint density at radius 3 is 2.75 bits per heavy atom. The van der Waals surface area contributed by atoms with Crippen molar-refractivity contribution in [3.63, 3.8) is 0 Å². The van der Waals surface area contributed by atoms with Gasteiger partial charge < -0.3 is 14.7 Å². The van der Waals surface area contributed by atoms with Crippen LogP contribution in [0.3, 0.4) is 0 Å². The zero-order valence-corrected chi connectivity index (χ0v) is 8.74. The van der Waals surface area contributed by atoms with Crippen molar-refractivity contribution in [3.8, 4) is 11.4 Å². The Balaban J connectivity index is 2.41. The Kier molecular flexibility index (Phi) is 2.94. The number of benzene rings is 1. The zero-order chi connectivity index (χ0) is 11.5. The second-order valence-electron chi connectivity index (χ2n) is 3.30. The first-order valence-corrected chi connectivity index (χ1v) is 4.81. The standard InChI is InChI=1S/C10H11BN2O3/c1-8-9(13-7-3-6-12-13)4-2-5-10(8)16-11(14)15/h2-7,14-15H,1H3. The molecule has 5 nitrogen and oxygen atoms in total. The summed E-state index contributed by atoms with van der Waals surface area (Å²) in [6.45, 7) is 1.83. The van der Waals surface area contributed by atoms with Crippen molar-refractivity contribution >= 4 is 7.32 Å². The average Bonchev–Trinajstić information content (AvgIpc) is 2.73. The van der Waals surface area contributed by atoms with Crippen LogP contribution in [0.1, 0.15) is 5.56 Å². The number of nitrogens with zero attached hydrogens (tertiary/aromatic N) is 2. The van der Waals surface area contributed by atoms with Gasteiger partial charge in [0, 0.05) is 18.0 Å². The largest absolute Gasteiger partial charge is 0.707 e. The molecule has 6 heteroatoms. The third kappa shape index (κ3) is 2.07. The van der Waals surface area contributed by atoms with Crippen molar-refractivity contribution < 1.29 is 14.7 Å². The van der Waals surface area contributed by atoms with Crippen LogP contribution in [-0.2, 0) is 0 Å². The van der Waals surface area contributed by atoms with Crippen LogP contribution in [0, 0.1) is 6.92 Å². The number of hydrogen-bond acceptors (Lipinski definition) is 4. The van der Waals surface area contributed by atoms with E-state index in [4.69, 9.17) is 14.7 Å². The summed E-state index contributed by atoms with van der Waals surface area (Å²) in [6, 6.07) is 7.12. The highest BCUT2D eigenvalue weighted by molar-refractivity contribution is 6.33. The highest BCUT2D eigenvalue weighted by Crippen LogP contribution is 2.23. The van der Waals surface area contributed by atoms with E-state index in [1.807, 2.05) is 25.3 Å². The van der Waals surface area contributed by atoms with Gasteiger partial charge in [0.25, 0.3) is 0 Å². The van der Waals surface area contributed by atoms with Gasteiger partial charge in [0.1, 0.15) is 5.75 Å². The van der Waals surface area contributed by atoms with E-state index in [1.54, 1.807) is 23.0 Å². The van der Waals surface area contributed by atoms with Gasteiger partial charge >= 0.3 is 7.32 Å². The number of rotatable bonds is 3. The lowest BCUT2D eigenvalue weighted by Crippen LogP contribution is -2.21. The minimum absolute atomic E-state index is 0.419. The van der Waals surface area contributed by atoms with Gasteiger partial charge in [-0.05, 0) is 25.1 Å². The average molecular weight is 218 g/mol. The van der Waals surface area contributed by atoms with E-state index in [2.05, 4.69) is 5.10 Å². The van der Waals surface area contributed by atoms with Crippen LogP contribution in [0.5, 0.6) is 5.75 Å². The summed E-state index contributed by atoms with van der Waals surface area (Å²) < 4.78 is 6.54. The fraction of sp³-hybridized carbons (Fsp3) is 0.100. The molecule has 1 heterocycles. The molecule has 2 aromatic rings. The molecular formula is C10H11BN2O3. The van der Waals surface area contributed by atoms with Crippen molar-refractivity contribution in [1.29, 1.82) is 0 Å². The molecule has 16 heavy (non-hydrogen) atoms. The van der Waals surface area contributed by atoms with Crippen molar-refractivity contribution in [2.45, 2.75) is 6.92 Å². The molecule has 0 saturated heterocycles. The van der Waals surface area contributed by atoms with E-state index >= 15 is 0 Å². The maximum Gasteiger partial charge on any atom is 0.707 e. The SMILES string of the molecule is Cc1c(OB(O)O)cccc1-n1cccn1. The molecule has 0 amide bonds. The smallest absolute Gasteiger partial charge is 0.512 e. The fourth-order valence-electron chi connectivity index (χ4n) is 1.50. The van der Waals surface area contributed by atoms with E-state index in [-0.39, 0.29) is 0 Å². The topological polar surface area (TPSA) is 67.5 Å². The van der Waals surface area contributed by atoms with Crippen molar-refractivity contribution in [2.75, 3.05) is 0 Å². The molecule has 2 N–H and O–H groups in total. The zero-order valence-electron chi connectivity index (χ0n) is 8.74. The molecule has 0 spiro atoms. The van der Waals surface area contributed by atoms with E-state index < -0.39 is 7.32 Å². The van der Waals surface area contributed by atoms with Crippen LogP contribution < -0.4 is 4.65 Å². The molecule has 0 bridgehead atoms. The van der Waals surface area contributed by atoms with Gasteiger partial charge in [-0.1, -0.05) is 6.07 Å². The number of hydrogen-bond donors (Lipinski definition) is 2. The van der Waals surface area contributed by atoms with Gasteiger partial charge in [-0.2, -0.15) is 5.10 Å². The van der Waals surface area contributed by atoms with Crippen LogP contribution in [0.4, 0.5) is 0 Å². The van der Waals surface area contributed by atoms with E-state index in [1.165, 1.54) is 0 Å². The molecule has 0 radical (unpaired) electrons. The first-order chi connectivity index (χ1) is 7.68. The summed E-state index contributed by atoms with van der Waals surface area (Å²) in [7, 11) is -1.81. The molecule has 0 aliphatic heterocycles. The molecule has 0 unspecified atom stereocenters. The van der Waals surface area contributed by atoms with Crippen LogP contribution >= 0.6 is 0 Å². The Hall–Kier alpha value is -1.79. The van der Waals surface area contributed by atoms with Crippen LogP contribution in [0.2, 0.25) is 0 Å². The quantitative estimate of drug-likeness (QED) is 0.737. The Morgan fingerprint density at radius 1 is 1.31 bits per heavy atom. The van der Waals surface area contributed by atoms with Crippen LogP contribution in [0.25, 0.3) is 5.69 Å². The highest BCUT2D eigenvalue weighted by atomic mass is 16.6. The number of aromatic nitrogens is 2. The maximum absolute atomic E-state index is 8.76. The molecule has 1 aromatic carbocycles. The predicted octanol–water partition coefficient (Wildman–Crippen LogP) is 0.529. The van der Waals surface area contributed by atoms with Crippen LogP contribution in [0.15, 0.2) is 36.7 Å². The second-order valence-corrected chi connectivity index (χ2v) is 3.30.